The van der Waals surface area contributed by atoms with Crippen LogP contribution in [-0.2, 0) is 0 Å². The molecule has 2 heterocycles. The molecule has 3 nitrogen and oxygen atoms in total. The summed E-state index contributed by atoms with van der Waals surface area (Å²) in [6.45, 7) is 0. The van der Waals surface area contributed by atoms with Gasteiger partial charge in [-0.3, -0.25) is 0 Å². The molecule has 4 rings (SSSR count). The van der Waals surface area contributed by atoms with Crippen molar-refractivity contribution in [3.05, 3.63) is 77.9 Å². The van der Waals surface area contributed by atoms with Crippen LogP contribution in [0.1, 0.15) is 0 Å². The first kappa shape index (κ1) is 13.9. The predicted molar refractivity (Wildman–Crippen MR) is 93.2 cm³/mol. The molecule has 4 aromatic rings. The first-order valence-electron chi connectivity index (χ1n) is 7.26. The second-order valence-electron chi connectivity index (χ2n) is 5.13. The van der Waals surface area contributed by atoms with E-state index in [1.807, 2.05) is 66.7 Å². The van der Waals surface area contributed by atoms with Gasteiger partial charge in [-0.05, 0) is 12.1 Å². The molecule has 110 valence electrons. The maximum absolute atomic E-state index is 5.99. The van der Waals surface area contributed by atoms with Gasteiger partial charge in [0.15, 0.2) is 5.65 Å². The van der Waals surface area contributed by atoms with E-state index in [1.165, 1.54) is 0 Å². The minimum Gasteiger partial charge on any atom is -0.242 e. The van der Waals surface area contributed by atoms with E-state index in [4.69, 9.17) is 21.6 Å². The van der Waals surface area contributed by atoms with Crippen LogP contribution in [0.4, 0.5) is 0 Å². The van der Waals surface area contributed by atoms with Crippen LogP contribution in [0.3, 0.4) is 0 Å². The van der Waals surface area contributed by atoms with Crippen LogP contribution in [0.15, 0.2) is 72.8 Å². The van der Waals surface area contributed by atoms with Gasteiger partial charge in [-0.1, -0.05) is 72.3 Å². The van der Waals surface area contributed by atoms with Gasteiger partial charge in [0.2, 0.25) is 0 Å². The van der Waals surface area contributed by atoms with Crippen molar-refractivity contribution in [3.63, 3.8) is 0 Å². The molecule has 0 aliphatic rings. The molecule has 0 fully saturated rings. The second kappa shape index (κ2) is 5.78. The highest BCUT2D eigenvalue weighted by atomic mass is 35.5. The van der Waals surface area contributed by atoms with Crippen LogP contribution in [0.2, 0.25) is 5.15 Å². The van der Waals surface area contributed by atoms with Gasteiger partial charge in [0.25, 0.3) is 0 Å². The van der Waals surface area contributed by atoms with E-state index in [0.29, 0.717) is 10.8 Å². The topological polar surface area (TPSA) is 38.7 Å². The molecule has 0 amide bonds. The largest absolute Gasteiger partial charge is 0.242 e. The van der Waals surface area contributed by atoms with Gasteiger partial charge < -0.3 is 0 Å². The molecular formula is C19H12ClN3. The smallest absolute Gasteiger partial charge is 0.180 e. The molecule has 4 heteroatoms. The number of halogens is 1. The van der Waals surface area contributed by atoms with Gasteiger partial charge in [0.1, 0.15) is 10.7 Å². The number of nitrogens with zero attached hydrogens (tertiary/aromatic N) is 3. The molecular weight excluding hydrogens is 306 g/mol. The highest BCUT2D eigenvalue weighted by Crippen LogP contribution is 2.30. The molecule has 0 saturated carbocycles. The van der Waals surface area contributed by atoms with Crippen molar-refractivity contribution in [1.29, 1.82) is 0 Å². The molecule has 2 aromatic carbocycles. The van der Waals surface area contributed by atoms with Gasteiger partial charge >= 0.3 is 0 Å². The Bertz CT molecular complexity index is 970. The first-order chi connectivity index (χ1) is 11.3. The highest BCUT2D eigenvalue weighted by Gasteiger charge is 2.13. The molecule has 0 unspecified atom stereocenters. The lowest BCUT2D eigenvalue weighted by Gasteiger charge is -2.10. The third-order valence-corrected chi connectivity index (χ3v) is 3.80. The summed E-state index contributed by atoms with van der Waals surface area (Å²) in [6.07, 6.45) is 0. The zero-order chi connectivity index (χ0) is 15.6. The third kappa shape index (κ3) is 2.67. The third-order valence-electron chi connectivity index (χ3n) is 3.59. The number of rotatable bonds is 2. The number of pyridine rings is 1. The molecule has 23 heavy (non-hydrogen) atoms. The summed E-state index contributed by atoms with van der Waals surface area (Å²) >= 11 is 5.99. The fraction of sp³-hybridized carbons (Fsp3) is 0. The minimum absolute atomic E-state index is 0.415. The van der Waals surface area contributed by atoms with E-state index in [-0.39, 0.29) is 0 Å². The zero-order valence-electron chi connectivity index (χ0n) is 12.1. The van der Waals surface area contributed by atoms with E-state index in [1.54, 1.807) is 6.07 Å². The van der Waals surface area contributed by atoms with Crippen LogP contribution in [0, 0.1) is 0 Å². The summed E-state index contributed by atoms with van der Waals surface area (Å²) in [4.78, 5) is 13.8. The Labute approximate surface area is 138 Å². The Morgan fingerprint density at radius 1 is 0.565 bits per heavy atom. The maximum Gasteiger partial charge on any atom is 0.180 e. The zero-order valence-corrected chi connectivity index (χ0v) is 12.9. The quantitative estimate of drug-likeness (QED) is 0.488. The summed E-state index contributed by atoms with van der Waals surface area (Å²) in [6, 6.07) is 23.6. The van der Waals surface area contributed by atoms with E-state index in [9.17, 15) is 0 Å². The number of hydrogen-bond donors (Lipinski definition) is 0. The minimum atomic E-state index is 0.415. The summed E-state index contributed by atoms with van der Waals surface area (Å²) in [5, 5.41) is 0.415. The van der Waals surface area contributed by atoms with Gasteiger partial charge in [-0.2, -0.15) is 0 Å². The number of hydrogen-bond acceptors (Lipinski definition) is 3. The number of benzene rings is 2. The molecule has 0 spiro atoms. The molecule has 0 aliphatic heterocycles. The van der Waals surface area contributed by atoms with Crippen LogP contribution in [0.5, 0.6) is 0 Å². The van der Waals surface area contributed by atoms with Crippen molar-refractivity contribution >= 4 is 22.8 Å². The summed E-state index contributed by atoms with van der Waals surface area (Å²) in [5.41, 5.74) is 4.95. The van der Waals surface area contributed by atoms with Crippen molar-refractivity contribution in [1.82, 2.24) is 15.0 Å². The predicted octanol–water partition coefficient (Wildman–Crippen LogP) is 5.01. The van der Waals surface area contributed by atoms with Crippen LogP contribution >= 0.6 is 11.6 Å². The van der Waals surface area contributed by atoms with E-state index >= 15 is 0 Å². The SMILES string of the molecule is Clc1ccc2nc(-c3ccccc3)c(-c3ccccc3)nc2n1. The van der Waals surface area contributed by atoms with Gasteiger partial charge in [-0.15, -0.1) is 0 Å². The Hall–Kier alpha value is -2.78. The Morgan fingerprint density at radius 3 is 1.74 bits per heavy atom. The summed E-state index contributed by atoms with van der Waals surface area (Å²) < 4.78 is 0. The van der Waals surface area contributed by atoms with Gasteiger partial charge in [-0.25, -0.2) is 15.0 Å². The Balaban J connectivity index is 2.04. The summed E-state index contributed by atoms with van der Waals surface area (Å²) in [5.74, 6) is 0. The van der Waals surface area contributed by atoms with Crippen LogP contribution in [0.25, 0.3) is 33.7 Å². The van der Waals surface area contributed by atoms with Crippen molar-refractivity contribution in [2.24, 2.45) is 0 Å². The monoisotopic (exact) mass is 317 g/mol. The average Bonchev–Trinajstić information content (AvgIpc) is 2.62. The standard InChI is InChI=1S/C19H12ClN3/c20-16-12-11-15-19(22-16)23-18(14-9-5-2-6-10-14)17(21-15)13-7-3-1-4-8-13/h1-12H. The normalized spacial score (nSPS) is 10.8. The van der Waals surface area contributed by atoms with Crippen molar-refractivity contribution in [3.8, 4) is 22.5 Å². The lowest BCUT2D eigenvalue weighted by atomic mass is 10.0. The molecule has 0 N–H and O–H groups in total. The fourth-order valence-electron chi connectivity index (χ4n) is 2.51. The maximum atomic E-state index is 5.99. The van der Waals surface area contributed by atoms with Crippen molar-refractivity contribution < 1.29 is 0 Å². The molecule has 0 radical (unpaired) electrons. The second-order valence-corrected chi connectivity index (χ2v) is 5.52. The van der Waals surface area contributed by atoms with Crippen LogP contribution in [-0.4, -0.2) is 15.0 Å². The van der Waals surface area contributed by atoms with Gasteiger partial charge in [0.05, 0.1) is 11.4 Å². The van der Waals surface area contributed by atoms with Crippen molar-refractivity contribution in [2.75, 3.05) is 0 Å². The molecule has 0 atom stereocenters. The van der Waals surface area contributed by atoms with Crippen LogP contribution < -0.4 is 0 Å². The van der Waals surface area contributed by atoms with E-state index in [2.05, 4.69) is 4.98 Å². The lowest BCUT2D eigenvalue weighted by Crippen LogP contribution is -1.97. The Kier molecular flexibility index (Phi) is 3.48. The average molecular weight is 318 g/mol. The molecule has 0 saturated heterocycles. The molecule has 0 bridgehead atoms. The number of aromatic nitrogens is 3. The fourth-order valence-corrected chi connectivity index (χ4v) is 2.66. The summed E-state index contributed by atoms with van der Waals surface area (Å²) in [7, 11) is 0. The lowest BCUT2D eigenvalue weighted by molar-refractivity contribution is 1.23. The Morgan fingerprint density at radius 2 is 1.13 bits per heavy atom. The highest BCUT2D eigenvalue weighted by molar-refractivity contribution is 6.29. The molecule has 2 aromatic heterocycles. The van der Waals surface area contributed by atoms with Crippen molar-refractivity contribution in [2.45, 2.75) is 0 Å². The van der Waals surface area contributed by atoms with Gasteiger partial charge in [0, 0.05) is 11.1 Å². The van der Waals surface area contributed by atoms with E-state index in [0.717, 1.165) is 28.0 Å². The molecule has 0 aliphatic carbocycles. The van der Waals surface area contributed by atoms with E-state index < -0.39 is 0 Å². The first-order valence-corrected chi connectivity index (χ1v) is 7.64. The number of fused-ring (bicyclic) bond motifs is 1.